The van der Waals surface area contributed by atoms with Crippen LogP contribution in [-0.2, 0) is 54.1 Å². The first-order valence-electron chi connectivity index (χ1n) is 14.4. The quantitative estimate of drug-likeness (QED) is 0.238. The molecule has 0 unspecified atom stereocenters. The van der Waals surface area contributed by atoms with E-state index in [1.807, 2.05) is 13.8 Å². The van der Waals surface area contributed by atoms with Crippen LogP contribution in [0.15, 0.2) is 24.3 Å². The molecule has 2 N–H and O–H groups in total. The van der Waals surface area contributed by atoms with Gasteiger partial charge in [-0.3, -0.25) is 29.1 Å². The zero-order valence-corrected chi connectivity index (χ0v) is 26.2. The van der Waals surface area contributed by atoms with E-state index in [4.69, 9.17) is 33.5 Å². The van der Waals surface area contributed by atoms with E-state index in [2.05, 4.69) is 10.2 Å². The maximum absolute atomic E-state index is 15.2. The summed E-state index contributed by atoms with van der Waals surface area (Å²) in [5, 5.41) is 16.0. The summed E-state index contributed by atoms with van der Waals surface area (Å²) in [4.78, 5) is 58.7. The maximum Gasteiger partial charge on any atom is 0.307 e. The molecule has 1 aliphatic rings. The molecule has 0 bridgehead atoms. The van der Waals surface area contributed by atoms with Gasteiger partial charge in [0.2, 0.25) is 18.3 Å². The molecule has 15 heteroatoms. The first-order valence-corrected chi connectivity index (χ1v) is 14.4. The van der Waals surface area contributed by atoms with Crippen LogP contribution in [-0.4, -0.2) is 82.5 Å². The molecule has 0 radical (unpaired) electrons. The molecule has 5 atom stereocenters. The summed E-state index contributed by atoms with van der Waals surface area (Å²) in [6.45, 7) is 7.78. The molecule has 14 nitrogen and oxygen atoms in total. The van der Waals surface area contributed by atoms with Gasteiger partial charge < -0.3 is 33.5 Å². The lowest BCUT2D eigenvalue weighted by Gasteiger charge is -2.43. The smallest absolute Gasteiger partial charge is 0.307 e. The first kappa shape index (κ1) is 35.7. The predicted molar refractivity (Wildman–Crippen MR) is 156 cm³/mol. The number of carboxylic acid groups (broad SMARTS) is 1. The van der Waals surface area contributed by atoms with Crippen LogP contribution in [0.25, 0.3) is 6.08 Å². The van der Waals surface area contributed by atoms with E-state index < -0.39 is 73.0 Å². The molecule has 250 valence electrons. The number of benzene rings is 1. The van der Waals surface area contributed by atoms with E-state index in [1.165, 1.54) is 18.2 Å². The van der Waals surface area contributed by atoms with Gasteiger partial charge in [0.25, 0.3) is 0 Å². The predicted octanol–water partition coefficient (Wildman–Crippen LogP) is 3.21. The summed E-state index contributed by atoms with van der Waals surface area (Å²) in [7, 11) is 0. The van der Waals surface area contributed by atoms with Crippen molar-refractivity contribution in [2.24, 2.45) is 0 Å². The van der Waals surface area contributed by atoms with E-state index in [9.17, 15) is 24.0 Å². The molecule has 0 spiro atoms. The topological polar surface area (TPSA) is 190 Å². The summed E-state index contributed by atoms with van der Waals surface area (Å²) in [6.07, 6.45) is -4.39. The second-order valence-electron chi connectivity index (χ2n) is 10.8. The van der Waals surface area contributed by atoms with E-state index in [0.29, 0.717) is 16.8 Å². The van der Waals surface area contributed by atoms with Crippen LogP contribution in [0.5, 0.6) is 5.88 Å². The van der Waals surface area contributed by atoms with Crippen molar-refractivity contribution in [2.45, 2.75) is 91.0 Å². The summed E-state index contributed by atoms with van der Waals surface area (Å²) in [5.74, 6) is -4.80. The molecular weight excluding hydrogens is 611 g/mol. The van der Waals surface area contributed by atoms with Gasteiger partial charge in [0.05, 0.1) is 6.42 Å². The van der Waals surface area contributed by atoms with Crippen LogP contribution in [0.3, 0.4) is 0 Å². The van der Waals surface area contributed by atoms with E-state index >= 15 is 4.39 Å². The lowest BCUT2D eigenvalue weighted by Crippen LogP contribution is -2.63. The van der Waals surface area contributed by atoms with Crippen molar-refractivity contribution < 1.29 is 61.9 Å². The molecule has 0 amide bonds. The third-order valence-electron chi connectivity index (χ3n) is 6.66. The fourth-order valence-electron chi connectivity index (χ4n) is 4.80. The maximum atomic E-state index is 15.2. The number of aromatic nitrogens is 2. The van der Waals surface area contributed by atoms with Gasteiger partial charge in [-0.05, 0) is 23.1 Å². The standard InChI is InChI=1S/C31H37FN2O12/c1-15(2)26-22(13-21-11-10-20(12-23(21)32)8-7-9-25(39)40)30(34-33-26)46-31-29(44-19(6)38)28(43-18(5)37)27(42-17(4)36)24(45-31)14-41-16(3)35/h7-8,10-12,15,24,27-29,31H,9,13-14H2,1-6H3,(H,33,34)(H,39,40)/b8-7+/t24-,27+,28+,29-,31+/m1/s1. The Morgan fingerprint density at radius 1 is 0.978 bits per heavy atom. The van der Waals surface area contributed by atoms with Gasteiger partial charge in [0.1, 0.15) is 18.5 Å². The van der Waals surface area contributed by atoms with Crippen molar-refractivity contribution >= 4 is 35.9 Å². The fourth-order valence-corrected chi connectivity index (χ4v) is 4.80. The number of carboxylic acids is 1. The minimum absolute atomic E-state index is 0.00439. The number of hydrogen-bond acceptors (Lipinski definition) is 12. The number of esters is 4. The van der Waals surface area contributed by atoms with E-state index in [-0.39, 0.29) is 30.2 Å². The molecule has 2 heterocycles. The average Bonchev–Trinajstić information content (AvgIpc) is 3.33. The van der Waals surface area contributed by atoms with E-state index in [1.54, 1.807) is 12.1 Å². The number of H-pyrrole nitrogens is 1. The number of aromatic amines is 1. The molecule has 1 aromatic heterocycles. The second kappa shape index (κ2) is 16.0. The molecule has 0 aliphatic carbocycles. The molecule has 3 rings (SSSR count). The third kappa shape index (κ3) is 9.86. The lowest BCUT2D eigenvalue weighted by molar-refractivity contribution is -0.289. The van der Waals surface area contributed by atoms with Gasteiger partial charge in [0, 0.05) is 45.4 Å². The highest BCUT2D eigenvalue weighted by atomic mass is 19.1. The van der Waals surface area contributed by atoms with Crippen LogP contribution in [0.2, 0.25) is 0 Å². The zero-order chi connectivity index (χ0) is 34.1. The molecular formula is C31H37FN2O12. The minimum Gasteiger partial charge on any atom is -0.481 e. The number of carbonyl (C=O) groups excluding carboxylic acids is 4. The van der Waals surface area contributed by atoms with Crippen LogP contribution >= 0.6 is 0 Å². The Kier molecular flexibility index (Phi) is 12.4. The Hall–Kier alpha value is -4.79. The number of rotatable bonds is 13. The number of carbonyl (C=O) groups is 5. The molecule has 0 saturated carbocycles. The van der Waals surface area contributed by atoms with Crippen molar-refractivity contribution in [3.63, 3.8) is 0 Å². The molecule has 2 aromatic rings. The lowest BCUT2D eigenvalue weighted by atomic mass is 9.97. The Bertz CT molecular complexity index is 1470. The highest BCUT2D eigenvalue weighted by Crippen LogP contribution is 2.34. The number of nitrogens with one attached hydrogen (secondary N) is 1. The van der Waals surface area contributed by atoms with Gasteiger partial charge in [0.15, 0.2) is 12.2 Å². The summed E-state index contributed by atoms with van der Waals surface area (Å²) in [6, 6.07) is 4.44. The molecule has 1 aromatic carbocycles. The second-order valence-corrected chi connectivity index (χ2v) is 10.8. The van der Waals surface area contributed by atoms with Crippen LogP contribution in [0.4, 0.5) is 4.39 Å². The van der Waals surface area contributed by atoms with Gasteiger partial charge in [-0.1, -0.05) is 38.1 Å². The van der Waals surface area contributed by atoms with Crippen LogP contribution < -0.4 is 4.74 Å². The summed E-state index contributed by atoms with van der Waals surface area (Å²) >= 11 is 0. The van der Waals surface area contributed by atoms with Crippen molar-refractivity contribution in [3.8, 4) is 5.88 Å². The Morgan fingerprint density at radius 2 is 1.61 bits per heavy atom. The highest BCUT2D eigenvalue weighted by Gasteiger charge is 2.53. The Balaban J connectivity index is 2.02. The summed E-state index contributed by atoms with van der Waals surface area (Å²) < 4.78 is 48.8. The van der Waals surface area contributed by atoms with Gasteiger partial charge >= 0.3 is 29.8 Å². The number of halogens is 1. The van der Waals surface area contributed by atoms with Crippen LogP contribution in [0, 0.1) is 5.82 Å². The summed E-state index contributed by atoms with van der Waals surface area (Å²) in [5.41, 5.74) is 1.78. The fraction of sp³-hybridized carbons (Fsp3) is 0.484. The Labute approximate surface area is 264 Å². The monoisotopic (exact) mass is 648 g/mol. The number of nitrogens with zero attached hydrogens (tertiary/aromatic N) is 1. The van der Waals surface area contributed by atoms with Crippen molar-refractivity contribution in [1.82, 2.24) is 10.2 Å². The minimum atomic E-state index is -1.53. The molecule has 1 saturated heterocycles. The zero-order valence-electron chi connectivity index (χ0n) is 26.2. The van der Waals surface area contributed by atoms with Gasteiger partial charge in [-0.25, -0.2) is 4.39 Å². The van der Waals surface area contributed by atoms with Crippen molar-refractivity contribution in [3.05, 3.63) is 52.5 Å². The number of hydrogen-bond donors (Lipinski definition) is 2. The van der Waals surface area contributed by atoms with Crippen molar-refractivity contribution in [1.29, 1.82) is 0 Å². The van der Waals surface area contributed by atoms with Crippen molar-refractivity contribution in [2.75, 3.05) is 6.61 Å². The highest BCUT2D eigenvalue weighted by molar-refractivity contribution is 5.70. The van der Waals surface area contributed by atoms with Crippen LogP contribution in [0.1, 0.15) is 76.3 Å². The van der Waals surface area contributed by atoms with Gasteiger partial charge in [-0.15, -0.1) is 5.10 Å². The van der Waals surface area contributed by atoms with E-state index in [0.717, 1.165) is 27.7 Å². The first-order chi connectivity index (χ1) is 21.7. The normalized spacial score (nSPS) is 21.1. The SMILES string of the molecule is CC(=O)OC[C@H]1O[C@@H](Oc2n[nH]c(C(C)C)c2Cc2ccc(/C=C/CC(=O)O)cc2F)[C@H](OC(C)=O)[C@@H](OC(C)=O)[C@H]1OC(C)=O. The van der Waals surface area contributed by atoms with Gasteiger partial charge in [-0.2, -0.15) is 0 Å². The average molecular weight is 649 g/mol. The molecule has 1 aliphatic heterocycles. The Morgan fingerprint density at radius 3 is 2.17 bits per heavy atom. The number of aliphatic carboxylic acids is 1. The largest absolute Gasteiger partial charge is 0.481 e. The molecule has 1 fully saturated rings. The number of ether oxygens (including phenoxy) is 6. The molecule has 46 heavy (non-hydrogen) atoms. The third-order valence-corrected chi connectivity index (χ3v) is 6.66.